The molecule has 0 unspecified atom stereocenters. The molecule has 2 fully saturated rings. The number of hydrogen-bond acceptors (Lipinski definition) is 5. The summed E-state index contributed by atoms with van der Waals surface area (Å²) in [6, 6.07) is 0.484. The number of amides is 1. The molecule has 2 saturated heterocycles. The zero-order valence-corrected chi connectivity index (χ0v) is 13.0. The van der Waals surface area contributed by atoms with Gasteiger partial charge in [0.1, 0.15) is 9.23 Å². The zero-order chi connectivity index (χ0) is 13.3. The molecule has 2 heterocycles. The molecule has 98 valence electrons. The third-order valence-corrected chi connectivity index (χ3v) is 5.88. The molecule has 2 rings (SSSR count). The van der Waals surface area contributed by atoms with Crippen molar-refractivity contribution in [1.29, 1.82) is 0 Å². The van der Waals surface area contributed by atoms with Crippen LogP contribution in [0.5, 0.6) is 0 Å². The highest BCUT2D eigenvalue weighted by Gasteiger charge is 2.38. The minimum Gasteiger partial charge on any atom is -0.362 e. The number of thioether (sulfide) groups is 2. The number of nitrogens with zero attached hydrogens (tertiary/aromatic N) is 2. The molecule has 2 aliphatic heterocycles. The summed E-state index contributed by atoms with van der Waals surface area (Å²) in [7, 11) is 0. The van der Waals surface area contributed by atoms with Gasteiger partial charge in [-0.1, -0.05) is 30.1 Å². The highest BCUT2D eigenvalue weighted by atomic mass is 32.2. The number of rotatable bonds is 3. The smallest absolute Gasteiger partial charge is 0.269 e. The third-order valence-electron chi connectivity index (χ3n) is 2.95. The normalized spacial score (nSPS) is 28.4. The van der Waals surface area contributed by atoms with Crippen molar-refractivity contribution in [3.63, 3.8) is 0 Å². The predicted octanol–water partition coefficient (Wildman–Crippen LogP) is 2.66. The summed E-state index contributed by atoms with van der Waals surface area (Å²) in [6.07, 6.45) is 1.71. The summed E-state index contributed by atoms with van der Waals surface area (Å²) >= 11 is 8.43. The molecule has 0 aromatic rings. The van der Waals surface area contributed by atoms with Gasteiger partial charge in [-0.15, -0.1) is 18.3 Å². The van der Waals surface area contributed by atoms with Crippen molar-refractivity contribution in [2.45, 2.75) is 19.9 Å². The van der Waals surface area contributed by atoms with Gasteiger partial charge in [0.25, 0.3) is 5.91 Å². The first-order chi connectivity index (χ1) is 8.60. The molecule has 18 heavy (non-hydrogen) atoms. The fraction of sp³-hybridized carbons (Fsp3) is 0.500. The average molecular weight is 300 g/mol. The maximum Gasteiger partial charge on any atom is 0.269 e. The van der Waals surface area contributed by atoms with Gasteiger partial charge < -0.3 is 4.90 Å². The van der Waals surface area contributed by atoms with Crippen molar-refractivity contribution in [2.24, 2.45) is 0 Å². The van der Waals surface area contributed by atoms with Crippen LogP contribution in [0.25, 0.3) is 0 Å². The number of carbonyl (C=O) groups excluding carboxylic acids is 1. The number of hydrogen-bond donors (Lipinski definition) is 0. The third kappa shape index (κ3) is 2.33. The van der Waals surface area contributed by atoms with Gasteiger partial charge in [-0.3, -0.25) is 9.69 Å². The molecule has 0 N–H and O–H groups in total. The van der Waals surface area contributed by atoms with Crippen LogP contribution in [-0.4, -0.2) is 44.9 Å². The first kappa shape index (κ1) is 14.0. The lowest BCUT2D eigenvalue weighted by Crippen LogP contribution is -2.30. The van der Waals surface area contributed by atoms with Crippen molar-refractivity contribution < 1.29 is 4.79 Å². The van der Waals surface area contributed by atoms with Gasteiger partial charge in [0.05, 0.1) is 5.03 Å². The average Bonchev–Trinajstić information content (AvgIpc) is 2.84. The van der Waals surface area contributed by atoms with E-state index in [1.165, 1.54) is 11.8 Å². The maximum absolute atomic E-state index is 12.3. The molecule has 3 nitrogen and oxygen atoms in total. The van der Waals surface area contributed by atoms with E-state index in [1.54, 1.807) is 22.7 Å². The van der Waals surface area contributed by atoms with Crippen molar-refractivity contribution >= 4 is 46.0 Å². The minimum absolute atomic E-state index is 0.0277. The van der Waals surface area contributed by atoms with E-state index in [9.17, 15) is 4.79 Å². The van der Waals surface area contributed by atoms with Crippen LogP contribution < -0.4 is 0 Å². The largest absolute Gasteiger partial charge is 0.362 e. The van der Waals surface area contributed by atoms with Crippen LogP contribution in [0, 0.1) is 0 Å². The van der Waals surface area contributed by atoms with Crippen LogP contribution in [0.15, 0.2) is 22.6 Å². The van der Waals surface area contributed by atoms with Gasteiger partial charge in [-0.2, -0.15) is 0 Å². The Morgan fingerprint density at radius 2 is 2.33 bits per heavy atom. The highest BCUT2D eigenvalue weighted by Crippen LogP contribution is 2.42. The summed E-state index contributed by atoms with van der Waals surface area (Å²) in [5, 5.41) is 1.09. The van der Waals surface area contributed by atoms with Crippen LogP contribution in [0.3, 0.4) is 0 Å². The molecule has 1 atom stereocenters. The van der Waals surface area contributed by atoms with E-state index in [2.05, 4.69) is 25.3 Å². The molecule has 0 saturated carbocycles. The second-order valence-corrected chi connectivity index (χ2v) is 6.81. The van der Waals surface area contributed by atoms with Crippen LogP contribution in [0.1, 0.15) is 13.8 Å². The molecule has 2 aliphatic rings. The molecule has 1 amide bonds. The molecule has 0 spiro atoms. The van der Waals surface area contributed by atoms with Crippen LogP contribution >= 0.6 is 35.7 Å². The van der Waals surface area contributed by atoms with Crippen molar-refractivity contribution in [2.75, 3.05) is 18.8 Å². The SMILES string of the molecule is C=CCN1C(=O)/C(=C2/SC[C@H](C)N2CC)SC1=S. The Kier molecular flexibility index (Phi) is 4.40. The van der Waals surface area contributed by atoms with Gasteiger partial charge in [0.2, 0.25) is 0 Å². The van der Waals surface area contributed by atoms with Crippen LogP contribution in [-0.2, 0) is 4.79 Å². The van der Waals surface area contributed by atoms with Crippen molar-refractivity contribution in [1.82, 2.24) is 9.80 Å². The maximum atomic E-state index is 12.3. The summed E-state index contributed by atoms with van der Waals surface area (Å²) in [4.78, 5) is 17.0. The van der Waals surface area contributed by atoms with Gasteiger partial charge >= 0.3 is 0 Å². The van der Waals surface area contributed by atoms with Crippen LogP contribution in [0.2, 0.25) is 0 Å². The summed E-state index contributed by atoms with van der Waals surface area (Å²) in [5.74, 6) is 1.06. The fourth-order valence-electron chi connectivity index (χ4n) is 2.04. The van der Waals surface area contributed by atoms with Gasteiger partial charge in [0.15, 0.2) is 0 Å². The molecular weight excluding hydrogens is 284 g/mol. The van der Waals surface area contributed by atoms with E-state index in [0.29, 0.717) is 16.9 Å². The molecular formula is C12H16N2OS3. The Balaban J connectivity index is 2.31. The number of thiocarbonyl (C=S) groups is 1. The summed E-state index contributed by atoms with van der Waals surface area (Å²) in [6.45, 7) is 9.39. The lowest BCUT2D eigenvalue weighted by Gasteiger charge is -2.22. The Labute approximate surface area is 122 Å². The number of carbonyl (C=O) groups is 1. The van der Waals surface area contributed by atoms with E-state index in [1.807, 2.05) is 0 Å². The van der Waals surface area contributed by atoms with E-state index in [-0.39, 0.29) is 5.91 Å². The molecule has 6 heteroatoms. The predicted molar refractivity (Wildman–Crippen MR) is 83.4 cm³/mol. The first-order valence-corrected chi connectivity index (χ1v) is 8.09. The first-order valence-electron chi connectivity index (χ1n) is 5.88. The Morgan fingerprint density at radius 3 is 2.94 bits per heavy atom. The van der Waals surface area contributed by atoms with Gasteiger partial charge in [-0.05, 0) is 13.8 Å². The Bertz CT molecular complexity index is 433. The lowest BCUT2D eigenvalue weighted by molar-refractivity contribution is -0.121. The lowest BCUT2D eigenvalue weighted by atomic mass is 10.3. The quantitative estimate of drug-likeness (QED) is 0.453. The minimum atomic E-state index is 0.0277. The summed E-state index contributed by atoms with van der Waals surface area (Å²) in [5.41, 5.74) is 0. The standard InChI is InChI=1S/C12H16N2OS3/c1-4-6-14-10(15)9(18-12(14)16)11-13(5-2)8(3)7-17-11/h4,8H,1,5-7H2,2-3H3/b11-9-/t8-/m0/s1. The van der Waals surface area contributed by atoms with Crippen LogP contribution in [0.4, 0.5) is 0 Å². The zero-order valence-electron chi connectivity index (χ0n) is 10.5. The Hall–Kier alpha value is -0.460. The second-order valence-electron chi connectivity index (χ2n) is 4.15. The topological polar surface area (TPSA) is 23.6 Å². The molecule has 0 radical (unpaired) electrons. The van der Waals surface area contributed by atoms with Gasteiger partial charge in [0, 0.05) is 24.9 Å². The van der Waals surface area contributed by atoms with E-state index in [0.717, 1.165) is 22.2 Å². The van der Waals surface area contributed by atoms with E-state index in [4.69, 9.17) is 12.2 Å². The second kappa shape index (κ2) is 5.67. The van der Waals surface area contributed by atoms with Crippen molar-refractivity contribution in [3.05, 3.63) is 22.6 Å². The van der Waals surface area contributed by atoms with E-state index < -0.39 is 0 Å². The summed E-state index contributed by atoms with van der Waals surface area (Å²) < 4.78 is 0.638. The molecule has 0 bridgehead atoms. The van der Waals surface area contributed by atoms with Gasteiger partial charge in [-0.25, -0.2) is 0 Å². The molecule has 0 aromatic heterocycles. The highest BCUT2D eigenvalue weighted by molar-refractivity contribution is 8.27. The van der Waals surface area contributed by atoms with E-state index >= 15 is 0 Å². The molecule has 0 aromatic carbocycles. The molecule has 0 aliphatic carbocycles. The monoisotopic (exact) mass is 300 g/mol. The fourth-order valence-corrected chi connectivity index (χ4v) is 4.86. The Morgan fingerprint density at radius 1 is 1.61 bits per heavy atom. The van der Waals surface area contributed by atoms with Crippen molar-refractivity contribution in [3.8, 4) is 0 Å².